The first-order valence-electron chi connectivity index (χ1n) is 6.47. The summed E-state index contributed by atoms with van der Waals surface area (Å²) in [6.07, 6.45) is 4.75. The van der Waals surface area contributed by atoms with Crippen LogP contribution >= 0.6 is 11.3 Å². The minimum atomic E-state index is -1.01. The van der Waals surface area contributed by atoms with Gasteiger partial charge in [0.25, 0.3) is 0 Å². The van der Waals surface area contributed by atoms with Crippen molar-refractivity contribution in [2.24, 2.45) is 5.41 Å². The second-order valence-electron chi connectivity index (χ2n) is 5.21. The summed E-state index contributed by atoms with van der Waals surface area (Å²) in [6, 6.07) is 0. The molecule has 1 aliphatic rings. The average molecular weight is 282 g/mol. The van der Waals surface area contributed by atoms with Crippen LogP contribution in [0.3, 0.4) is 0 Å². The van der Waals surface area contributed by atoms with E-state index in [-0.39, 0.29) is 17.0 Å². The Morgan fingerprint density at radius 3 is 2.74 bits per heavy atom. The Labute approximate surface area is 116 Å². The second kappa shape index (κ2) is 5.69. The number of hydrogen-bond acceptors (Lipinski definition) is 4. The zero-order valence-electron chi connectivity index (χ0n) is 10.9. The van der Waals surface area contributed by atoms with Crippen molar-refractivity contribution in [3.05, 3.63) is 16.1 Å². The van der Waals surface area contributed by atoms with Crippen LogP contribution in [0.1, 0.15) is 48.1 Å². The topological polar surface area (TPSA) is 79.3 Å². The molecule has 0 atom stereocenters. The van der Waals surface area contributed by atoms with Crippen LogP contribution in [0.5, 0.6) is 0 Å². The van der Waals surface area contributed by atoms with E-state index in [4.69, 9.17) is 5.11 Å². The summed E-state index contributed by atoms with van der Waals surface area (Å²) < 4.78 is 0. The number of aromatic carboxylic acids is 1. The maximum absolute atomic E-state index is 12.0. The minimum absolute atomic E-state index is 0.0779. The molecule has 5 nitrogen and oxygen atoms in total. The molecule has 1 aliphatic carbocycles. The molecule has 6 heteroatoms. The number of carbonyl (C=O) groups excluding carboxylic acids is 1. The third-order valence-electron chi connectivity index (χ3n) is 3.65. The number of carboxylic acids is 1. The predicted molar refractivity (Wildman–Crippen MR) is 72.4 cm³/mol. The van der Waals surface area contributed by atoms with Gasteiger partial charge in [-0.25, -0.2) is 9.78 Å². The molecule has 2 rings (SSSR count). The maximum Gasteiger partial charge on any atom is 0.355 e. The Bertz CT molecular complexity index is 478. The highest BCUT2D eigenvalue weighted by Gasteiger charge is 2.35. The van der Waals surface area contributed by atoms with E-state index in [1.54, 1.807) is 0 Å². The molecular formula is C13H18N2O3S. The number of amides is 1. The molecule has 0 bridgehead atoms. The summed E-state index contributed by atoms with van der Waals surface area (Å²) in [5, 5.41) is 14.0. The molecule has 1 amide bonds. The van der Waals surface area contributed by atoms with Crippen molar-refractivity contribution < 1.29 is 14.7 Å². The largest absolute Gasteiger partial charge is 0.476 e. The number of rotatable bonds is 5. The third-order valence-corrected chi connectivity index (χ3v) is 4.56. The summed E-state index contributed by atoms with van der Waals surface area (Å²) in [4.78, 5) is 26.7. The summed E-state index contributed by atoms with van der Waals surface area (Å²) in [7, 11) is 0. The second-order valence-corrected chi connectivity index (χ2v) is 6.15. The first-order valence-corrected chi connectivity index (χ1v) is 7.35. The standard InChI is InChI=1S/C13H18N2O3S/c1-13(5-2-3-6-13)12(18)14-7-4-10-15-9(8-19-10)11(16)17/h8H,2-7H2,1H3,(H,14,18)(H,16,17). The molecule has 0 aromatic carbocycles. The average Bonchev–Trinajstić information content (AvgIpc) is 2.99. The van der Waals surface area contributed by atoms with Crippen molar-refractivity contribution in [2.45, 2.75) is 39.0 Å². The lowest BCUT2D eigenvalue weighted by atomic mass is 9.88. The monoisotopic (exact) mass is 282 g/mol. The van der Waals surface area contributed by atoms with E-state index in [2.05, 4.69) is 10.3 Å². The van der Waals surface area contributed by atoms with Crippen LogP contribution in [-0.4, -0.2) is 28.5 Å². The van der Waals surface area contributed by atoms with Crippen LogP contribution in [-0.2, 0) is 11.2 Å². The van der Waals surface area contributed by atoms with Gasteiger partial charge in [0.05, 0.1) is 5.01 Å². The van der Waals surface area contributed by atoms with E-state index in [9.17, 15) is 9.59 Å². The van der Waals surface area contributed by atoms with Crippen LogP contribution in [0.2, 0.25) is 0 Å². The van der Waals surface area contributed by atoms with Gasteiger partial charge in [-0.05, 0) is 12.8 Å². The summed E-state index contributed by atoms with van der Waals surface area (Å²) in [5.74, 6) is -0.898. The van der Waals surface area contributed by atoms with Crippen molar-refractivity contribution >= 4 is 23.2 Å². The van der Waals surface area contributed by atoms with Crippen LogP contribution in [0.25, 0.3) is 0 Å². The molecule has 1 heterocycles. The van der Waals surface area contributed by atoms with Gasteiger partial charge in [-0.15, -0.1) is 11.3 Å². The van der Waals surface area contributed by atoms with E-state index < -0.39 is 5.97 Å². The molecule has 2 N–H and O–H groups in total. The summed E-state index contributed by atoms with van der Waals surface area (Å²) in [5.41, 5.74) is -0.135. The molecule has 0 aliphatic heterocycles. The predicted octanol–water partition coefficient (Wildman–Crippen LogP) is 2.08. The first-order chi connectivity index (χ1) is 9.01. The van der Waals surface area contributed by atoms with E-state index in [0.717, 1.165) is 30.7 Å². The molecule has 0 spiro atoms. The molecule has 0 radical (unpaired) electrons. The fraction of sp³-hybridized carbons (Fsp3) is 0.615. The zero-order chi connectivity index (χ0) is 13.9. The Balaban J connectivity index is 1.79. The molecule has 19 heavy (non-hydrogen) atoms. The van der Waals surface area contributed by atoms with Gasteiger partial charge in [0.2, 0.25) is 5.91 Å². The molecule has 104 valence electrons. The number of thiazole rings is 1. The van der Waals surface area contributed by atoms with E-state index in [0.29, 0.717) is 13.0 Å². The summed E-state index contributed by atoms with van der Waals surface area (Å²) >= 11 is 1.32. The Morgan fingerprint density at radius 1 is 1.47 bits per heavy atom. The zero-order valence-corrected chi connectivity index (χ0v) is 11.8. The number of aromatic nitrogens is 1. The van der Waals surface area contributed by atoms with Crippen LogP contribution in [0, 0.1) is 5.41 Å². The minimum Gasteiger partial charge on any atom is -0.476 e. The van der Waals surface area contributed by atoms with Crippen LogP contribution in [0.4, 0.5) is 0 Å². The Hall–Kier alpha value is -1.43. The van der Waals surface area contributed by atoms with Crippen molar-refractivity contribution in [2.75, 3.05) is 6.54 Å². The van der Waals surface area contributed by atoms with E-state index >= 15 is 0 Å². The third kappa shape index (κ3) is 3.32. The van der Waals surface area contributed by atoms with Crippen molar-refractivity contribution in [3.8, 4) is 0 Å². The molecule has 1 fully saturated rings. The highest BCUT2D eigenvalue weighted by atomic mass is 32.1. The quantitative estimate of drug-likeness (QED) is 0.866. The van der Waals surface area contributed by atoms with Gasteiger partial charge in [0, 0.05) is 23.8 Å². The van der Waals surface area contributed by atoms with Crippen molar-refractivity contribution in [1.29, 1.82) is 0 Å². The number of nitrogens with zero attached hydrogens (tertiary/aromatic N) is 1. The molecule has 1 aromatic heterocycles. The maximum atomic E-state index is 12.0. The molecule has 0 saturated heterocycles. The molecular weight excluding hydrogens is 264 g/mol. The van der Waals surface area contributed by atoms with Gasteiger partial charge in [0.1, 0.15) is 0 Å². The van der Waals surface area contributed by atoms with E-state index in [1.165, 1.54) is 16.7 Å². The first kappa shape index (κ1) is 14.0. The number of carboxylic acid groups (broad SMARTS) is 1. The van der Waals surface area contributed by atoms with Crippen LogP contribution in [0.15, 0.2) is 5.38 Å². The van der Waals surface area contributed by atoms with Gasteiger partial charge >= 0.3 is 5.97 Å². The smallest absolute Gasteiger partial charge is 0.355 e. The molecule has 0 unspecified atom stereocenters. The highest BCUT2D eigenvalue weighted by molar-refractivity contribution is 7.09. The summed E-state index contributed by atoms with van der Waals surface area (Å²) in [6.45, 7) is 2.53. The fourth-order valence-electron chi connectivity index (χ4n) is 2.40. The van der Waals surface area contributed by atoms with E-state index in [1.807, 2.05) is 6.92 Å². The Morgan fingerprint density at radius 2 is 2.16 bits per heavy atom. The SMILES string of the molecule is CC1(C(=O)NCCc2nc(C(=O)O)cs2)CCCC1. The van der Waals surface area contributed by atoms with Gasteiger partial charge < -0.3 is 10.4 Å². The fourth-order valence-corrected chi connectivity index (χ4v) is 3.17. The van der Waals surface area contributed by atoms with Gasteiger partial charge in [0.15, 0.2) is 5.69 Å². The van der Waals surface area contributed by atoms with Crippen molar-refractivity contribution in [1.82, 2.24) is 10.3 Å². The lowest BCUT2D eigenvalue weighted by molar-refractivity contribution is -0.129. The number of nitrogens with one attached hydrogen (secondary N) is 1. The number of carbonyl (C=O) groups is 2. The van der Waals surface area contributed by atoms with Crippen LogP contribution < -0.4 is 5.32 Å². The highest BCUT2D eigenvalue weighted by Crippen LogP contribution is 2.37. The molecule has 1 aromatic rings. The Kier molecular flexibility index (Phi) is 4.19. The molecule has 1 saturated carbocycles. The van der Waals surface area contributed by atoms with Gasteiger partial charge in [-0.3, -0.25) is 4.79 Å². The lowest BCUT2D eigenvalue weighted by Crippen LogP contribution is -2.38. The van der Waals surface area contributed by atoms with Gasteiger partial charge in [-0.1, -0.05) is 19.8 Å². The lowest BCUT2D eigenvalue weighted by Gasteiger charge is -2.21. The normalized spacial score (nSPS) is 17.3. The van der Waals surface area contributed by atoms with Crippen molar-refractivity contribution in [3.63, 3.8) is 0 Å². The number of hydrogen-bond donors (Lipinski definition) is 2. The van der Waals surface area contributed by atoms with Gasteiger partial charge in [-0.2, -0.15) is 0 Å².